The largest absolute Gasteiger partial charge is 0.460 e. The van der Waals surface area contributed by atoms with E-state index in [2.05, 4.69) is 0 Å². The predicted octanol–water partition coefficient (Wildman–Crippen LogP) is 7.41. The molecule has 0 aromatic heterocycles. The predicted molar refractivity (Wildman–Crippen MR) is 64.3 cm³/mol. The smallest absolute Gasteiger partial charge is 0.199 e. The van der Waals surface area contributed by atoms with Crippen LogP contribution in [0.25, 0.3) is 0 Å². The van der Waals surface area contributed by atoms with Gasteiger partial charge < -0.3 is 0 Å². The van der Waals surface area contributed by atoms with Crippen molar-refractivity contribution in [3.8, 4) is 0 Å². The van der Waals surface area contributed by atoms with Crippen molar-refractivity contribution < 1.29 is 83.4 Å². The Labute approximate surface area is 164 Å². The molecule has 0 bridgehead atoms. The fourth-order valence-corrected chi connectivity index (χ4v) is 1.85. The average molecular weight is 610 g/mol. The molecule has 0 saturated heterocycles. The van der Waals surface area contributed by atoms with Crippen molar-refractivity contribution in [2.75, 3.05) is 0 Å². The monoisotopic (exact) mass is 610 g/mol. The first kappa shape index (κ1) is 29.4. The molecule has 0 nitrogen and oxygen atoms in total. The van der Waals surface area contributed by atoms with Gasteiger partial charge in [-0.25, -0.2) is 0 Å². The highest BCUT2D eigenvalue weighted by Crippen LogP contribution is 2.62. The third-order valence-corrected chi connectivity index (χ3v) is 3.94. The molecular formula is C10H2F19I. The summed E-state index contributed by atoms with van der Waals surface area (Å²) in [6, 6.07) is 0. The van der Waals surface area contributed by atoms with Crippen LogP contribution in [0.15, 0.2) is 0 Å². The lowest BCUT2D eigenvalue weighted by atomic mass is 9.91. The van der Waals surface area contributed by atoms with Gasteiger partial charge in [0.15, 0.2) is 0 Å². The summed E-state index contributed by atoms with van der Waals surface area (Å²) in [4.78, 5) is 0. The van der Waals surface area contributed by atoms with Crippen molar-refractivity contribution in [1.29, 1.82) is 0 Å². The van der Waals surface area contributed by atoms with Crippen LogP contribution in [0.3, 0.4) is 0 Å². The van der Waals surface area contributed by atoms with Crippen molar-refractivity contribution in [3.05, 3.63) is 0 Å². The Bertz CT molecular complexity index is 622. The first-order chi connectivity index (χ1) is 12.5. The van der Waals surface area contributed by atoms with Gasteiger partial charge in [0.1, 0.15) is 0 Å². The van der Waals surface area contributed by atoms with Crippen molar-refractivity contribution in [1.82, 2.24) is 0 Å². The van der Waals surface area contributed by atoms with E-state index in [1.807, 2.05) is 0 Å². The van der Waals surface area contributed by atoms with Crippen LogP contribution < -0.4 is 0 Å². The molecule has 0 N–H and O–H groups in total. The maximum absolute atomic E-state index is 13.2. The van der Waals surface area contributed by atoms with Crippen LogP contribution in [0, 0.1) is 0 Å². The minimum atomic E-state index is -8.08. The number of alkyl halides is 20. The van der Waals surface area contributed by atoms with Gasteiger partial charge >= 0.3 is 51.6 Å². The summed E-state index contributed by atoms with van der Waals surface area (Å²) in [6.07, 6.45) is -12.6. The molecule has 0 aliphatic heterocycles. The van der Waals surface area contributed by atoms with E-state index in [0.717, 1.165) is 0 Å². The first-order valence-corrected chi connectivity index (χ1v) is 7.32. The van der Waals surface area contributed by atoms with Crippen LogP contribution >= 0.6 is 22.6 Å². The van der Waals surface area contributed by atoms with Crippen molar-refractivity contribution in [2.45, 2.75) is 58.0 Å². The molecule has 0 unspecified atom stereocenters. The highest BCUT2D eigenvalue weighted by molar-refractivity contribution is 14.1. The van der Waals surface area contributed by atoms with Gasteiger partial charge in [-0.2, -0.15) is 83.4 Å². The standard InChI is InChI=1S/C10H2F19I/c11-2(12,4(15,16)6(19,20)8(23,24)10(28,29)30)1-3(13,14)5(17,18)7(21,22)9(25,26)27/h1H2. The molecule has 0 aromatic carbocycles. The van der Waals surface area contributed by atoms with Gasteiger partial charge in [-0.15, -0.1) is 0 Å². The summed E-state index contributed by atoms with van der Waals surface area (Å²) in [6.45, 7) is 0. The van der Waals surface area contributed by atoms with Gasteiger partial charge in [0, 0.05) is 22.6 Å². The molecule has 0 heterocycles. The lowest BCUT2D eigenvalue weighted by molar-refractivity contribution is -0.418. The molecule has 0 atom stereocenters. The van der Waals surface area contributed by atoms with Crippen molar-refractivity contribution in [3.63, 3.8) is 0 Å². The Kier molecular flexibility index (Phi) is 7.06. The zero-order valence-corrected chi connectivity index (χ0v) is 14.9. The third-order valence-electron chi connectivity index (χ3n) is 3.26. The summed E-state index contributed by atoms with van der Waals surface area (Å²) >= 11 is -0.961. The van der Waals surface area contributed by atoms with Crippen LogP contribution in [-0.4, -0.2) is 51.6 Å². The fourth-order valence-electron chi connectivity index (χ4n) is 1.51. The van der Waals surface area contributed by atoms with Crippen LogP contribution in [0.4, 0.5) is 83.4 Å². The summed E-state index contributed by atoms with van der Waals surface area (Å²) in [5.41, 5.74) is 0. The van der Waals surface area contributed by atoms with Gasteiger partial charge in [0.2, 0.25) is 0 Å². The van der Waals surface area contributed by atoms with Gasteiger partial charge in [0.05, 0.1) is 6.42 Å². The zero-order chi connectivity index (χ0) is 25.2. The normalized spacial score (nSPS) is 16.8. The van der Waals surface area contributed by atoms with E-state index in [9.17, 15) is 83.4 Å². The maximum Gasteiger partial charge on any atom is 0.460 e. The topological polar surface area (TPSA) is 0 Å². The minimum absolute atomic E-state index is 0.961. The van der Waals surface area contributed by atoms with Gasteiger partial charge in [-0.3, -0.25) is 0 Å². The Morgan fingerprint density at radius 3 is 0.867 bits per heavy atom. The van der Waals surface area contributed by atoms with Gasteiger partial charge in [-0.05, 0) is 0 Å². The number of rotatable bonds is 8. The van der Waals surface area contributed by atoms with E-state index in [1.165, 1.54) is 0 Å². The molecule has 0 radical (unpaired) electrons. The van der Waals surface area contributed by atoms with E-state index in [0.29, 0.717) is 0 Å². The molecular weight excluding hydrogens is 608 g/mol. The van der Waals surface area contributed by atoms with Crippen molar-refractivity contribution in [2.24, 2.45) is 0 Å². The zero-order valence-electron chi connectivity index (χ0n) is 12.8. The first-order valence-electron chi connectivity index (χ1n) is 6.24. The minimum Gasteiger partial charge on any atom is -0.199 e. The van der Waals surface area contributed by atoms with E-state index in [-0.39, 0.29) is 0 Å². The maximum atomic E-state index is 13.2. The SMILES string of the molecule is FC(F)(F)C(F)(F)C(F)(F)C(F)(F)CC(F)(F)C(F)(F)C(F)(F)C(F)(F)C(F)(F)I. The molecule has 0 aromatic rings. The fraction of sp³-hybridized carbons (Fsp3) is 1.00. The number of hydrogen-bond donors (Lipinski definition) is 0. The molecule has 0 aliphatic carbocycles. The molecule has 30 heavy (non-hydrogen) atoms. The Balaban J connectivity index is 6.41. The van der Waals surface area contributed by atoms with E-state index in [1.54, 1.807) is 0 Å². The highest BCUT2D eigenvalue weighted by Gasteiger charge is 2.89. The molecule has 20 heteroatoms. The van der Waals surface area contributed by atoms with Crippen LogP contribution in [0.1, 0.15) is 6.42 Å². The number of halogens is 20. The van der Waals surface area contributed by atoms with E-state index in [4.69, 9.17) is 0 Å². The summed E-state index contributed by atoms with van der Waals surface area (Å²) in [7, 11) is 0. The van der Waals surface area contributed by atoms with Crippen LogP contribution in [0.5, 0.6) is 0 Å². The lowest BCUT2D eigenvalue weighted by Crippen LogP contribution is -2.68. The summed E-state index contributed by atoms with van der Waals surface area (Å²) in [5.74, 6) is -54.7. The second kappa shape index (κ2) is 7.20. The second-order valence-corrected chi connectivity index (χ2v) is 6.81. The van der Waals surface area contributed by atoms with Gasteiger partial charge in [-0.1, -0.05) is 0 Å². The quantitative estimate of drug-likeness (QED) is 0.153. The summed E-state index contributed by atoms with van der Waals surface area (Å²) < 4.78 is 235. The molecule has 0 fully saturated rings. The molecule has 182 valence electrons. The van der Waals surface area contributed by atoms with Crippen LogP contribution in [-0.2, 0) is 0 Å². The van der Waals surface area contributed by atoms with E-state index < -0.39 is 80.6 Å². The Hall–Kier alpha value is -0.600. The summed E-state index contributed by atoms with van der Waals surface area (Å²) in [5, 5.41) is 0. The lowest BCUT2D eigenvalue weighted by Gasteiger charge is -2.40. The highest BCUT2D eigenvalue weighted by atomic mass is 127. The second-order valence-electron chi connectivity index (χ2n) is 5.45. The molecule has 0 saturated carbocycles. The molecule has 0 spiro atoms. The van der Waals surface area contributed by atoms with Gasteiger partial charge in [0.25, 0.3) is 0 Å². The molecule has 0 amide bonds. The average Bonchev–Trinajstić information content (AvgIpc) is 2.42. The number of hydrogen-bond acceptors (Lipinski definition) is 0. The third kappa shape index (κ3) is 4.08. The Morgan fingerprint density at radius 1 is 0.367 bits per heavy atom. The Morgan fingerprint density at radius 2 is 0.633 bits per heavy atom. The van der Waals surface area contributed by atoms with E-state index >= 15 is 0 Å². The molecule has 0 aliphatic rings. The van der Waals surface area contributed by atoms with Crippen molar-refractivity contribution >= 4 is 22.6 Å². The van der Waals surface area contributed by atoms with Crippen LogP contribution in [0.2, 0.25) is 0 Å². The molecule has 0 rings (SSSR count).